The fraction of sp³-hybridized carbons (Fsp3) is 0.300. The number of fused-ring (bicyclic) bond motifs is 1. The van der Waals surface area contributed by atoms with Gasteiger partial charge in [-0.25, -0.2) is 18.2 Å². The SMILES string of the molecule is Cn1c(=O)c2ccc(C(=O)Nc3cc(S(=O)(=O)N4CCCC4)ccc3O)nc2n(C)c1=O. The van der Waals surface area contributed by atoms with Crippen LogP contribution in [0.5, 0.6) is 5.75 Å². The Balaban J connectivity index is 1.69. The Morgan fingerprint density at radius 1 is 1.06 bits per heavy atom. The van der Waals surface area contributed by atoms with Crippen LogP contribution in [0, 0.1) is 0 Å². The quantitative estimate of drug-likeness (QED) is 0.537. The first-order valence-electron chi connectivity index (χ1n) is 9.82. The zero-order valence-corrected chi connectivity index (χ0v) is 18.2. The van der Waals surface area contributed by atoms with Crippen LogP contribution in [0.15, 0.2) is 44.8 Å². The zero-order chi connectivity index (χ0) is 23.2. The Morgan fingerprint density at radius 2 is 1.75 bits per heavy atom. The summed E-state index contributed by atoms with van der Waals surface area (Å²) < 4.78 is 29.0. The van der Waals surface area contributed by atoms with E-state index in [2.05, 4.69) is 10.3 Å². The molecule has 0 aliphatic carbocycles. The van der Waals surface area contributed by atoms with E-state index >= 15 is 0 Å². The number of hydrogen-bond donors (Lipinski definition) is 2. The zero-order valence-electron chi connectivity index (χ0n) is 17.4. The lowest BCUT2D eigenvalue weighted by Gasteiger charge is -2.16. The number of rotatable bonds is 4. The molecular formula is C20H21N5O6S. The number of hydrogen-bond acceptors (Lipinski definition) is 7. The van der Waals surface area contributed by atoms with Crippen LogP contribution in [0.2, 0.25) is 0 Å². The van der Waals surface area contributed by atoms with Crippen LogP contribution < -0.4 is 16.6 Å². The third-order valence-corrected chi connectivity index (χ3v) is 7.35. The topological polar surface area (TPSA) is 144 Å². The normalized spacial score (nSPS) is 14.7. The minimum absolute atomic E-state index is 0.0281. The van der Waals surface area contributed by atoms with Crippen molar-refractivity contribution in [3.05, 3.63) is 56.9 Å². The second-order valence-corrected chi connectivity index (χ2v) is 9.46. The van der Waals surface area contributed by atoms with E-state index < -0.39 is 27.2 Å². The first-order valence-corrected chi connectivity index (χ1v) is 11.3. The highest BCUT2D eigenvalue weighted by atomic mass is 32.2. The predicted molar refractivity (Wildman–Crippen MR) is 116 cm³/mol. The summed E-state index contributed by atoms with van der Waals surface area (Å²) in [6, 6.07) is 6.35. The Kier molecular flexibility index (Phi) is 5.34. The molecule has 1 aliphatic heterocycles. The minimum atomic E-state index is -3.75. The number of phenolic OH excluding ortho intramolecular Hbond substituents is 1. The number of carbonyl (C=O) groups excluding carboxylic acids is 1. The second kappa shape index (κ2) is 7.88. The number of aromatic nitrogens is 3. The predicted octanol–water partition coefficient (Wildman–Crippen LogP) is 0.375. The number of nitrogens with zero attached hydrogens (tertiary/aromatic N) is 4. The van der Waals surface area contributed by atoms with Gasteiger partial charge in [-0.1, -0.05) is 0 Å². The molecule has 1 amide bonds. The highest BCUT2D eigenvalue weighted by Gasteiger charge is 2.28. The van der Waals surface area contributed by atoms with E-state index in [1.165, 1.54) is 48.7 Å². The van der Waals surface area contributed by atoms with Crippen LogP contribution >= 0.6 is 0 Å². The maximum Gasteiger partial charge on any atom is 0.332 e. The van der Waals surface area contributed by atoms with Crippen LogP contribution in [0.1, 0.15) is 23.3 Å². The standard InChI is InChI=1S/C20H21N5O6S/c1-23-17-13(19(28)24(2)20(23)29)6-7-14(21-17)18(27)22-15-11-12(5-8-16(15)26)32(30,31)25-9-3-4-10-25/h5-8,11,26H,3-4,9-10H2,1-2H3,(H,22,27). The van der Waals surface area contributed by atoms with Gasteiger partial charge in [0.15, 0.2) is 0 Å². The van der Waals surface area contributed by atoms with Gasteiger partial charge in [-0.15, -0.1) is 0 Å². The molecule has 32 heavy (non-hydrogen) atoms. The number of phenols is 1. The van der Waals surface area contributed by atoms with Gasteiger partial charge in [-0.3, -0.25) is 18.7 Å². The van der Waals surface area contributed by atoms with Crippen LogP contribution in [0.25, 0.3) is 11.0 Å². The van der Waals surface area contributed by atoms with Gasteiger partial charge in [0.2, 0.25) is 10.0 Å². The summed E-state index contributed by atoms with van der Waals surface area (Å²) in [5, 5.41) is 12.8. The van der Waals surface area contributed by atoms with Crippen molar-refractivity contribution < 1.29 is 18.3 Å². The summed E-state index contributed by atoms with van der Waals surface area (Å²) in [5.74, 6) is -1.06. The molecule has 0 radical (unpaired) electrons. The molecule has 4 rings (SSSR count). The van der Waals surface area contributed by atoms with E-state index in [4.69, 9.17) is 0 Å². The molecule has 3 heterocycles. The van der Waals surface area contributed by atoms with Crippen molar-refractivity contribution >= 4 is 32.7 Å². The number of anilines is 1. The van der Waals surface area contributed by atoms with E-state index in [1.807, 2.05) is 0 Å². The summed E-state index contributed by atoms with van der Waals surface area (Å²) in [4.78, 5) is 41.3. The van der Waals surface area contributed by atoms with E-state index in [0.717, 1.165) is 22.0 Å². The van der Waals surface area contributed by atoms with Gasteiger partial charge in [0.25, 0.3) is 11.5 Å². The van der Waals surface area contributed by atoms with Crippen molar-refractivity contribution in [2.75, 3.05) is 18.4 Å². The summed E-state index contributed by atoms with van der Waals surface area (Å²) >= 11 is 0. The molecule has 0 spiro atoms. The lowest BCUT2D eigenvalue weighted by Crippen LogP contribution is -2.37. The Labute approximate surface area is 182 Å². The molecule has 11 nitrogen and oxygen atoms in total. The molecule has 168 valence electrons. The molecule has 0 unspecified atom stereocenters. The van der Waals surface area contributed by atoms with Crippen molar-refractivity contribution in [3.8, 4) is 5.75 Å². The van der Waals surface area contributed by atoms with Crippen LogP contribution in [0.4, 0.5) is 5.69 Å². The van der Waals surface area contributed by atoms with Crippen molar-refractivity contribution in [1.82, 2.24) is 18.4 Å². The Hall–Kier alpha value is -3.51. The third-order valence-electron chi connectivity index (χ3n) is 5.45. The van der Waals surface area contributed by atoms with Crippen LogP contribution in [-0.4, -0.2) is 50.9 Å². The Morgan fingerprint density at radius 3 is 2.44 bits per heavy atom. The lowest BCUT2D eigenvalue weighted by atomic mass is 10.2. The van der Waals surface area contributed by atoms with Crippen molar-refractivity contribution in [1.29, 1.82) is 0 Å². The molecular weight excluding hydrogens is 438 g/mol. The highest BCUT2D eigenvalue weighted by molar-refractivity contribution is 7.89. The maximum atomic E-state index is 12.8. The van der Waals surface area contributed by atoms with Crippen molar-refractivity contribution in [3.63, 3.8) is 0 Å². The average molecular weight is 459 g/mol. The number of aryl methyl sites for hydroxylation is 1. The number of amides is 1. The number of nitrogens with one attached hydrogen (secondary N) is 1. The minimum Gasteiger partial charge on any atom is -0.506 e. The van der Waals surface area contributed by atoms with E-state index in [1.54, 1.807) is 0 Å². The highest BCUT2D eigenvalue weighted by Crippen LogP contribution is 2.29. The first kappa shape index (κ1) is 21.7. The van der Waals surface area contributed by atoms with Gasteiger partial charge in [0, 0.05) is 27.2 Å². The van der Waals surface area contributed by atoms with E-state index in [0.29, 0.717) is 13.1 Å². The molecule has 0 saturated carbocycles. The van der Waals surface area contributed by atoms with Gasteiger partial charge in [-0.2, -0.15) is 4.31 Å². The molecule has 2 aromatic heterocycles. The lowest BCUT2D eigenvalue weighted by molar-refractivity contribution is 0.102. The fourth-order valence-corrected chi connectivity index (χ4v) is 5.16. The summed E-state index contributed by atoms with van der Waals surface area (Å²) in [6.07, 6.45) is 1.56. The molecule has 3 aromatic rings. The smallest absolute Gasteiger partial charge is 0.332 e. The van der Waals surface area contributed by atoms with E-state index in [-0.39, 0.29) is 33.1 Å². The third kappa shape index (κ3) is 3.56. The molecule has 2 N–H and O–H groups in total. The van der Waals surface area contributed by atoms with E-state index in [9.17, 15) is 27.9 Å². The maximum absolute atomic E-state index is 12.8. The molecule has 1 aromatic carbocycles. The number of sulfonamides is 1. The molecule has 1 saturated heterocycles. The first-order chi connectivity index (χ1) is 15.1. The number of pyridine rings is 1. The van der Waals surface area contributed by atoms with Gasteiger partial charge < -0.3 is 10.4 Å². The number of carbonyl (C=O) groups is 1. The van der Waals surface area contributed by atoms with Gasteiger partial charge in [-0.05, 0) is 43.2 Å². The van der Waals surface area contributed by atoms with Gasteiger partial charge in [0.05, 0.1) is 16.0 Å². The van der Waals surface area contributed by atoms with Crippen molar-refractivity contribution in [2.24, 2.45) is 14.1 Å². The fourth-order valence-electron chi connectivity index (χ4n) is 3.62. The molecule has 1 aliphatic rings. The number of benzene rings is 1. The summed E-state index contributed by atoms with van der Waals surface area (Å²) in [7, 11) is -0.974. The molecule has 12 heteroatoms. The second-order valence-electron chi connectivity index (χ2n) is 7.52. The summed E-state index contributed by atoms with van der Waals surface area (Å²) in [5.41, 5.74) is -1.33. The summed E-state index contributed by atoms with van der Waals surface area (Å²) in [6.45, 7) is 0.841. The number of aromatic hydroxyl groups is 1. The van der Waals surface area contributed by atoms with Gasteiger partial charge in [0.1, 0.15) is 17.1 Å². The van der Waals surface area contributed by atoms with Gasteiger partial charge >= 0.3 is 5.69 Å². The van der Waals surface area contributed by atoms with Crippen LogP contribution in [-0.2, 0) is 24.1 Å². The van der Waals surface area contributed by atoms with Crippen LogP contribution in [0.3, 0.4) is 0 Å². The monoisotopic (exact) mass is 459 g/mol. The largest absolute Gasteiger partial charge is 0.506 e. The Bertz CT molecular complexity index is 1470. The molecule has 1 fully saturated rings. The molecule has 0 atom stereocenters. The average Bonchev–Trinajstić information content (AvgIpc) is 3.33. The molecule has 0 bridgehead atoms. The van der Waals surface area contributed by atoms with Crippen molar-refractivity contribution in [2.45, 2.75) is 17.7 Å².